The first-order valence-electron chi connectivity index (χ1n) is 9.57. The summed E-state index contributed by atoms with van der Waals surface area (Å²) < 4.78 is 0. The molecule has 0 radical (unpaired) electrons. The third kappa shape index (κ3) is 6.75. The monoisotopic (exact) mass is 426 g/mol. The van der Waals surface area contributed by atoms with E-state index in [0.717, 1.165) is 29.2 Å². The van der Waals surface area contributed by atoms with Crippen LogP contribution in [0.3, 0.4) is 0 Å². The van der Waals surface area contributed by atoms with Gasteiger partial charge in [-0.15, -0.1) is 11.3 Å². The molecule has 3 aromatic rings. The summed E-state index contributed by atoms with van der Waals surface area (Å²) in [6.07, 6.45) is 1.94. The minimum Gasteiger partial charge on any atom is -0.353 e. The molecule has 2 aromatic heterocycles. The minimum absolute atomic E-state index is 0.0857. The van der Waals surface area contributed by atoms with Gasteiger partial charge in [0.25, 0.3) is 0 Å². The fraction of sp³-hybridized carbons (Fsp3) is 0.350. The third-order valence-electron chi connectivity index (χ3n) is 4.03. The number of hydrogen-bond donors (Lipinski definition) is 3. The predicted octanol–water partition coefficient (Wildman–Crippen LogP) is 2.84. The Morgan fingerprint density at radius 2 is 1.80 bits per heavy atom. The topological polar surface area (TPSA) is 108 Å². The number of aryl methyl sites for hydroxylation is 2. The smallest absolute Gasteiger partial charge is 0.234 e. The maximum absolute atomic E-state index is 12.3. The van der Waals surface area contributed by atoms with Crippen molar-refractivity contribution in [2.45, 2.75) is 20.3 Å². The number of carbonyl (C=O) groups is 1. The fourth-order valence-electron chi connectivity index (χ4n) is 2.55. The van der Waals surface area contributed by atoms with Gasteiger partial charge in [0.2, 0.25) is 17.8 Å². The maximum atomic E-state index is 12.3. The Morgan fingerprint density at radius 1 is 1.07 bits per heavy atom. The molecule has 0 spiro atoms. The molecular formula is C20H26N8OS. The molecule has 158 valence electrons. The van der Waals surface area contributed by atoms with Gasteiger partial charge in [0.15, 0.2) is 5.13 Å². The molecule has 3 rings (SSSR count). The van der Waals surface area contributed by atoms with E-state index in [1.807, 2.05) is 52.2 Å². The molecular weight excluding hydrogens is 400 g/mol. The molecule has 3 N–H and O–H groups in total. The van der Waals surface area contributed by atoms with Gasteiger partial charge in [-0.25, -0.2) is 4.98 Å². The molecule has 30 heavy (non-hydrogen) atoms. The van der Waals surface area contributed by atoms with Crippen LogP contribution >= 0.6 is 11.3 Å². The highest BCUT2D eigenvalue weighted by Crippen LogP contribution is 2.22. The average Bonchev–Trinajstić information content (AvgIpc) is 3.09. The van der Waals surface area contributed by atoms with Gasteiger partial charge in [0.1, 0.15) is 5.82 Å². The average molecular weight is 427 g/mol. The number of benzene rings is 1. The van der Waals surface area contributed by atoms with E-state index in [9.17, 15) is 4.79 Å². The Kier molecular flexibility index (Phi) is 7.26. The van der Waals surface area contributed by atoms with Crippen molar-refractivity contribution in [3.8, 4) is 0 Å². The van der Waals surface area contributed by atoms with Gasteiger partial charge in [0.05, 0.1) is 6.42 Å². The van der Waals surface area contributed by atoms with E-state index in [0.29, 0.717) is 22.9 Å². The van der Waals surface area contributed by atoms with E-state index in [1.54, 1.807) is 6.20 Å². The van der Waals surface area contributed by atoms with Crippen LogP contribution in [0.25, 0.3) is 0 Å². The van der Waals surface area contributed by atoms with Gasteiger partial charge in [0, 0.05) is 29.9 Å². The van der Waals surface area contributed by atoms with Crippen molar-refractivity contribution in [3.05, 3.63) is 46.7 Å². The molecule has 0 aliphatic rings. The van der Waals surface area contributed by atoms with Crippen molar-refractivity contribution in [2.24, 2.45) is 0 Å². The lowest BCUT2D eigenvalue weighted by atomic mass is 10.2. The molecule has 0 unspecified atom stereocenters. The Bertz CT molecular complexity index is 987. The first kappa shape index (κ1) is 21.6. The zero-order chi connectivity index (χ0) is 21.5. The lowest BCUT2D eigenvalue weighted by Gasteiger charge is -2.11. The molecule has 9 nitrogen and oxygen atoms in total. The highest BCUT2D eigenvalue weighted by Gasteiger charge is 2.10. The second-order valence-corrected chi connectivity index (χ2v) is 8.22. The normalized spacial score (nSPS) is 10.8. The lowest BCUT2D eigenvalue weighted by Crippen LogP contribution is -2.22. The van der Waals surface area contributed by atoms with Gasteiger partial charge in [-0.05, 0) is 40.1 Å². The molecule has 10 heteroatoms. The first-order valence-corrected chi connectivity index (χ1v) is 10.4. The molecule has 0 aliphatic carbocycles. The van der Waals surface area contributed by atoms with Crippen LogP contribution in [0.4, 0.5) is 22.7 Å². The van der Waals surface area contributed by atoms with E-state index in [-0.39, 0.29) is 12.3 Å². The number of likely N-dealkylation sites (N-methyl/N-ethyl adjacent to an activating group) is 1. The first-order chi connectivity index (χ1) is 14.4. The molecule has 1 aromatic carbocycles. The van der Waals surface area contributed by atoms with Gasteiger partial charge >= 0.3 is 0 Å². The van der Waals surface area contributed by atoms with E-state index in [2.05, 4.69) is 40.8 Å². The Morgan fingerprint density at radius 3 is 2.53 bits per heavy atom. The Labute approximate surface area is 180 Å². The summed E-state index contributed by atoms with van der Waals surface area (Å²) in [5, 5.41) is 9.80. The third-order valence-corrected chi connectivity index (χ3v) is 4.94. The number of amides is 1. The quantitative estimate of drug-likeness (QED) is 0.479. The van der Waals surface area contributed by atoms with Crippen LogP contribution in [-0.2, 0) is 11.2 Å². The van der Waals surface area contributed by atoms with Crippen molar-refractivity contribution < 1.29 is 4.79 Å². The van der Waals surface area contributed by atoms with Crippen molar-refractivity contribution in [1.29, 1.82) is 0 Å². The van der Waals surface area contributed by atoms with E-state index >= 15 is 0 Å². The van der Waals surface area contributed by atoms with Crippen molar-refractivity contribution >= 4 is 40.0 Å². The summed E-state index contributed by atoms with van der Waals surface area (Å²) in [5.74, 6) is 1.45. The van der Waals surface area contributed by atoms with Gasteiger partial charge < -0.3 is 15.5 Å². The molecule has 1 amide bonds. The van der Waals surface area contributed by atoms with Crippen molar-refractivity contribution in [3.63, 3.8) is 0 Å². The summed E-state index contributed by atoms with van der Waals surface area (Å²) in [7, 11) is 4.02. The van der Waals surface area contributed by atoms with Gasteiger partial charge in [-0.1, -0.05) is 17.7 Å². The van der Waals surface area contributed by atoms with Crippen molar-refractivity contribution in [2.75, 3.05) is 43.1 Å². The number of nitrogens with zero attached hydrogens (tertiary/aromatic N) is 5. The summed E-state index contributed by atoms with van der Waals surface area (Å²) in [6, 6.07) is 7.70. The number of aromatic nitrogens is 4. The standard InChI is InChI=1S/C20H26N8OS/c1-13-5-7-15(8-6-13)25-17(29)11-16-12-22-20(30-16)27-19-24-14(2)23-18(26-19)21-9-10-28(3)4/h5-8,12H,9-11H2,1-4H3,(H,25,29)(H2,21,22,23,24,26,27). The van der Waals surface area contributed by atoms with E-state index in [1.165, 1.54) is 11.3 Å². The van der Waals surface area contributed by atoms with Crippen LogP contribution in [0.15, 0.2) is 30.5 Å². The number of carbonyl (C=O) groups excluding carboxylic acids is 1. The fourth-order valence-corrected chi connectivity index (χ4v) is 3.36. The van der Waals surface area contributed by atoms with Crippen LogP contribution in [0.5, 0.6) is 0 Å². The maximum Gasteiger partial charge on any atom is 0.234 e. The second kappa shape index (κ2) is 10.1. The molecule has 0 aliphatic heterocycles. The highest BCUT2D eigenvalue weighted by atomic mass is 32.1. The van der Waals surface area contributed by atoms with Crippen LogP contribution in [-0.4, -0.2) is 57.9 Å². The van der Waals surface area contributed by atoms with Crippen LogP contribution in [0, 0.1) is 13.8 Å². The zero-order valence-corrected chi connectivity index (χ0v) is 18.4. The van der Waals surface area contributed by atoms with Gasteiger partial charge in [-0.3, -0.25) is 10.1 Å². The van der Waals surface area contributed by atoms with Crippen molar-refractivity contribution in [1.82, 2.24) is 24.8 Å². The highest BCUT2D eigenvalue weighted by molar-refractivity contribution is 7.15. The molecule has 2 heterocycles. The summed E-state index contributed by atoms with van der Waals surface area (Å²) >= 11 is 1.39. The number of rotatable bonds is 9. The lowest BCUT2D eigenvalue weighted by molar-refractivity contribution is -0.115. The van der Waals surface area contributed by atoms with Crippen LogP contribution in [0.2, 0.25) is 0 Å². The molecule has 0 bridgehead atoms. The van der Waals surface area contributed by atoms with Gasteiger partial charge in [-0.2, -0.15) is 15.0 Å². The van der Waals surface area contributed by atoms with Crippen LogP contribution < -0.4 is 16.0 Å². The number of hydrogen-bond acceptors (Lipinski definition) is 9. The van der Waals surface area contributed by atoms with E-state index < -0.39 is 0 Å². The van der Waals surface area contributed by atoms with E-state index in [4.69, 9.17) is 0 Å². The Hall–Kier alpha value is -3.11. The minimum atomic E-state index is -0.0857. The molecule has 0 fully saturated rings. The Balaban J connectivity index is 1.57. The van der Waals surface area contributed by atoms with Crippen LogP contribution in [0.1, 0.15) is 16.3 Å². The molecule has 0 saturated carbocycles. The summed E-state index contributed by atoms with van der Waals surface area (Å²) in [5.41, 5.74) is 1.93. The molecule has 0 atom stereocenters. The number of anilines is 4. The largest absolute Gasteiger partial charge is 0.353 e. The summed E-state index contributed by atoms with van der Waals surface area (Å²) in [4.78, 5) is 32.5. The second-order valence-electron chi connectivity index (χ2n) is 7.11. The number of thiazole rings is 1. The molecule has 0 saturated heterocycles. The SMILES string of the molecule is Cc1ccc(NC(=O)Cc2cnc(Nc3nc(C)nc(NCCN(C)C)n3)s2)cc1. The number of nitrogens with one attached hydrogen (secondary N) is 3. The predicted molar refractivity (Wildman–Crippen MR) is 121 cm³/mol. The zero-order valence-electron chi connectivity index (χ0n) is 17.6. The summed E-state index contributed by atoms with van der Waals surface area (Å²) in [6.45, 7) is 5.42.